The molecule has 0 aliphatic carbocycles. The Morgan fingerprint density at radius 2 is 1.90 bits per heavy atom. The number of halogens is 1. The van der Waals surface area contributed by atoms with Crippen molar-refractivity contribution in [2.45, 2.75) is 39.8 Å². The number of nitrogens with zero attached hydrogens (tertiary/aromatic N) is 3. The molecule has 0 amide bonds. The fourth-order valence-corrected chi connectivity index (χ4v) is 3.10. The van der Waals surface area contributed by atoms with E-state index in [1.807, 2.05) is 43.7 Å². The van der Waals surface area contributed by atoms with Gasteiger partial charge in [0.15, 0.2) is 5.96 Å². The van der Waals surface area contributed by atoms with Crippen LogP contribution < -0.4 is 15.6 Å². The molecule has 29 heavy (non-hydrogen) atoms. The van der Waals surface area contributed by atoms with Gasteiger partial charge in [-0.1, -0.05) is 18.2 Å². The number of hydrogen-bond acceptors (Lipinski definition) is 3. The number of guanidine groups is 1. The van der Waals surface area contributed by atoms with Gasteiger partial charge in [-0.15, -0.1) is 24.0 Å². The zero-order valence-electron chi connectivity index (χ0n) is 17.9. The summed E-state index contributed by atoms with van der Waals surface area (Å²) in [7, 11) is 3.82. The van der Waals surface area contributed by atoms with Crippen LogP contribution in [0, 0.1) is 6.92 Å². The summed E-state index contributed by atoms with van der Waals surface area (Å²) in [6.07, 6.45) is 1.91. The Balaban J connectivity index is 0.00000420. The Kier molecular flexibility index (Phi) is 11.4. The van der Waals surface area contributed by atoms with Gasteiger partial charge in [0.1, 0.15) is 5.75 Å². The van der Waals surface area contributed by atoms with E-state index < -0.39 is 0 Å². The summed E-state index contributed by atoms with van der Waals surface area (Å²) >= 11 is 0. The second kappa shape index (κ2) is 13.2. The maximum Gasteiger partial charge on any atom is 0.250 e. The molecule has 0 unspecified atom stereocenters. The van der Waals surface area contributed by atoms with Crippen LogP contribution in [0.2, 0.25) is 0 Å². The van der Waals surface area contributed by atoms with Gasteiger partial charge in [-0.25, -0.2) is 0 Å². The van der Waals surface area contributed by atoms with E-state index >= 15 is 0 Å². The third kappa shape index (κ3) is 8.08. The molecule has 0 spiro atoms. The maximum atomic E-state index is 11.9. The molecule has 0 atom stereocenters. The Morgan fingerprint density at radius 3 is 2.52 bits per heavy atom. The highest BCUT2D eigenvalue weighted by Gasteiger charge is 2.07. The van der Waals surface area contributed by atoms with Crippen molar-refractivity contribution in [2.75, 3.05) is 27.2 Å². The van der Waals surface area contributed by atoms with Crippen LogP contribution in [-0.2, 0) is 13.1 Å². The first-order valence-electron chi connectivity index (χ1n) is 9.85. The molecule has 1 aromatic carbocycles. The number of aliphatic imine (C=N–C) groups is 1. The van der Waals surface area contributed by atoms with Gasteiger partial charge in [0.25, 0.3) is 5.56 Å². The molecule has 0 saturated heterocycles. The monoisotopic (exact) mass is 512 g/mol. The third-order valence-electron chi connectivity index (χ3n) is 4.59. The summed E-state index contributed by atoms with van der Waals surface area (Å²) in [4.78, 5) is 18.4. The van der Waals surface area contributed by atoms with E-state index in [1.54, 1.807) is 19.2 Å². The smallest absolute Gasteiger partial charge is 0.250 e. The van der Waals surface area contributed by atoms with Crippen molar-refractivity contribution in [2.24, 2.45) is 4.99 Å². The van der Waals surface area contributed by atoms with E-state index in [1.165, 1.54) is 5.56 Å². The second-order valence-corrected chi connectivity index (χ2v) is 6.77. The van der Waals surface area contributed by atoms with Crippen molar-refractivity contribution < 1.29 is 4.74 Å². The first-order valence-corrected chi connectivity index (χ1v) is 9.85. The highest BCUT2D eigenvalue weighted by atomic mass is 127. The average molecular weight is 512 g/mol. The lowest BCUT2D eigenvalue weighted by atomic mass is 10.2. The first-order chi connectivity index (χ1) is 13.5. The Bertz CT molecular complexity index is 818. The van der Waals surface area contributed by atoms with Gasteiger partial charge in [-0.05, 0) is 50.5 Å². The number of unbranched alkanes of at least 4 members (excludes halogenated alkanes) is 1. The lowest BCUT2D eigenvalue weighted by molar-refractivity contribution is 0.340. The van der Waals surface area contributed by atoms with Gasteiger partial charge >= 0.3 is 0 Å². The number of benzene rings is 1. The Labute approximate surface area is 191 Å². The zero-order chi connectivity index (χ0) is 20.4. The van der Waals surface area contributed by atoms with E-state index in [2.05, 4.69) is 27.3 Å². The van der Waals surface area contributed by atoms with Crippen molar-refractivity contribution in [1.29, 1.82) is 0 Å². The largest absolute Gasteiger partial charge is 0.494 e. The van der Waals surface area contributed by atoms with Gasteiger partial charge in [0.2, 0.25) is 0 Å². The van der Waals surface area contributed by atoms with E-state index in [4.69, 9.17) is 4.74 Å². The fraction of sp³-hybridized carbons (Fsp3) is 0.455. The minimum atomic E-state index is 0. The molecule has 0 bridgehead atoms. The van der Waals surface area contributed by atoms with Crippen molar-refractivity contribution in [3.8, 4) is 5.75 Å². The van der Waals surface area contributed by atoms with E-state index in [9.17, 15) is 4.79 Å². The van der Waals surface area contributed by atoms with Gasteiger partial charge in [-0.3, -0.25) is 9.79 Å². The lowest BCUT2D eigenvalue weighted by Gasteiger charge is -2.22. The minimum absolute atomic E-state index is 0. The van der Waals surface area contributed by atoms with Crippen molar-refractivity contribution >= 4 is 29.9 Å². The van der Waals surface area contributed by atoms with Crippen LogP contribution in [0.15, 0.2) is 52.3 Å². The first kappa shape index (κ1) is 25.0. The van der Waals surface area contributed by atoms with Gasteiger partial charge in [0.05, 0.1) is 6.61 Å². The second-order valence-electron chi connectivity index (χ2n) is 6.77. The zero-order valence-corrected chi connectivity index (χ0v) is 20.2. The summed E-state index contributed by atoms with van der Waals surface area (Å²) in [5.41, 5.74) is 2.28. The number of aryl methyl sites for hydroxylation is 1. The van der Waals surface area contributed by atoms with Crippen LogP contribution in [0.5, 0.6) is 5.75 Å². The molecule has 0 aliphatic rings. The molecule has 7 heteroatoms. The minimum Gasteiger partial charge on any atom is -0.494 e. The summed E-state index contributed by atoms with van der Waals surface area (Å²) in [5.74, 6) is 1.76. The van der Waals surface area contributed by atoms with Crippen LogP contribution in [0.25, 0.3) is 0 Å². The average Bonchev–Trinajstić information content (AvgIpc) is 2.68. The Hall–Kier alpha value is -2.03. The van der Waals surface area contributed by atoms with Crippen molar-refractivity contribution in [1.82, 2.24) is 14.8 Å². The van der Waals surface area contributed by atoms with Gasteiger partial charge in [0, 0.05) is 45.5 Å². The van der Waals surface area contributed by atoms with E-state index in [0.717, 1.165) is 49.9 Å². The molecule has 0 aliphatic heterocycles. The summed E-state index contributed by atoms with van der Waals surface area (Å²) in [6.45, 7) is 6.96. The van der Waals surface area contributed by atoms with Crippen LogP contribution in [0.4, 0.5) is 0 Å². The highest BCUT2D eigenvalue weighted by molar-refractivity contribution is 14.0. The van der Waals surface area contributed by atoms with Crippen LogP contribution >= 0.6 is 24.0 Å². The summed E-state index contributed by atoms with van der Waals surface area (Å²) in [6, 6.07) is 13.5. The molecule has 1 heterocycles. The highest BCUT2D eigenvalue weighted by Crippen LogP contribution is 2.13. The number of hydrogen-bond donors (Lipinski definition) is 1. The normalized spacial score (nSPS) is 11.0. The topological polar surface area (TPSA) is 58.9 Å². The molecule has 2 rings (SSSR count). The Morgan fingerprint density at radius 1 is 1.17 bits per heavy atom. The molecule has 0 saturated carbocycles. The predicted molar refractivity (Wildman–Crippen MR) is 131 cm³/mol. The molecule has 1 N–H and O–H groups in total. The molecule has 160 valence electrons. The predicted octanol–water partition coefficient (Wildman–Crippen LogP) is 3.66. The van der Waals surface area contributed by atoms with E-state index in [-0.39, 0.29) is 29.5 Å². The molecule has 1 aromatic heterocycles. The van der Waals surface area contributed by atoms with E-state index in [0.29, 0.717) is 6.61 Å². The number of aromatic nitrogens is 1. The molecule has 0 radical (unpaired) electrons. The molecule has 6 nitrogen and oxygen atoms in total. The van der Waals surface area contributed by atoms with Crippen LogP contribution in [0.1, 0.15) is 31.0 Å². The molecule has 0 fully saturated rings. The van der Waals surface area contributed by atoms with Gasteiger partial charge in [-0.2, -0.15) is 0 Å². The summed E-state index contributed by atoms with van der Waals surface area (Å²) < 4.78 is 7.31. The van der Waals surface area contributed by atoms with Crippen molar-refractivity contribution in [3.63, 3.8) is 0 Å². The molecule has 2 aromatic rings. The standard InChI is InChI=1S/C22H32N4O2.HI/c1-5-28-20-13-11-19(12-14-20)17-25(4)22(23-3)24-15-6-7-16-26-18(2)9-8-10-21(26)27;/h8-14H,5-7,15-17H2,1-4H3,(H,23,24);1H. The maximum absolute atomic E-state index is 11.9. The summed E-state index contributed by atoms with van der Waals surface area (Å²) in [5, 5.41) is 3.40. The van der Waals surface area contributed by atoms with Crippen LogP contribution in [-0.4, -0.2) is 42.7 Å². The number of pyridine rings is 1. The van der Waals surface area contributed by atoms with Crippen LogP contribution in [0.3, 0.4) is 0 Å². The van der Waals surface area contributed by atoms with Crippen molar-refractivity contribution in [3.05, 3.63) is 64.1 Å². The number of ether oxygens (including phenoxy) is 1. The molecular formula is C22H33IN4O2. The SMILES string of the molecule is CCOc1ccc(CN(C)C(=NC)NCCCCn2c(C)cccc2=O)cc1.I. The van der Waals surface area contributed by atoms with Gasteiger partial charge < -0.3 is 19.5 Å². The fourth-order valence-electron chi connectivity index (χ4n) is 3.10. The lowest BCUT2D eigenvalue weighted by Crippen LogP contribution is -2.39. The number of nitrogens with one attached hydrogen (secondary N) is 1. The number of rotatable bonds is 9. The molecular weight excluding hydrogens is 479 g/mol. The third-order valence-corrected chi connectivity index (χ3v) is 4.59. The quantitative estimate of drug-likeness (QED) is 0.241.